The molecule has 4 aromatic carbocycles. The molecule has 5 rings (SSSR count). The normalized spacial score (nSPS) is 10.9. The van der Waals surface area contributed by atoms with E-state index in [2.05, 4.69) is 36.4 Å². The topological polar surface area (TPSA) is 36.9 Å². The van der Waals surface area contributed by atoms with Crippen LogP contribution in [0.15, 0.2) is 95.4 Å². The third-order valence-corrected chi connectivity index (χ3v) is 4.95. The molecule has 0 bridgehead atoms. The first-order valence-corrected chi connectivity index (χ1v) is 8.86. The highest BCUT2D eigenvalue weighted by atomic mass is 16.3. The van der Waals surface area contributed by atoms with Gasteiger partial charge >= 0.3 is 0 Å². The molecule has 0 N–H and O–H groups in total. The summed E-state index contributed by atoms with van der Waals surface area (Å²) in [5.41, 5.74) is 6.09. The largest absolute Gasteiger partial charge is 0.454 e. The van der Waals surface area contributed by atoms with E-state index in [9.17, 15) is 5.26 Å². The summed E-state index contributed by atoms with van der Waals surface area (Å²) in [6.45, 7) is 0. The van der Waals surface area contributed by atoms with Crippen molar-refractivity contribution < 1.29 is 4.42 Å². The first kappa shape index (κ1) is 15.4. The van der Waals surface area contributed by atoms with Gasteiger partial charge in [-0.3, -0.25) is 0 Å². The molecule has 0 amide bonds. The van der Waals surface area contributed by atoms with Crippen molar-refractivity contribution in [2.24, 2.45) is 0 Å². The molecule has 1 heterocycles. The molecule has 0 atom stereocenters. The van der Waals surface area contributed by atoms with Crippen LogP contribution in [0.3, 0.4) is 0 Å². The lowest BCUT2D eigenvalue weighted by Gasteiger charge is -2.04. The number of benzene rings is 4. The SMILES string of the molecule is N#Cc1c(-c2ccccc2)ccc2c1oc1c(-c3ccccc3)cccc12. The molecule has 2 heteroatoms. The minimum absolute atomic E-state index is 0.578. The molecule has 1 aromatic heterocycles. The maximum atomic E-state index is 9.88. The molecule has 0 fully saturated rings. The van der Waals surface area contributed by atoms with Crippen LogP contribution in [0.25, 0.3) is 44.2 Å². The summed E-state index contributed by atoms with van der Waals surface area (Å²) in [7, 11) is 0. The molecular weight excluding hydrogens is 330 g/mol. The van der Waals surface area contributed by atoms with E-state index in [1.165, 1.54) is 0 Å². The van der Waals surface area contributed by atoms with Crippen molar-refractivity contribution in [1.29, 1.82) is 5.26 Å². The van der Waals surface area contributed by atoms with Crippen molar-refractivity contribution >= 4 is 21.9 Å². The Morgan fingerprint density at radius 3 is 1.85 bits per heavy atom. The maximum Gasteiger partial charge on any atom is 0.153 e. The first-order chi connectivity index (χ1) is 13.4. The van der Waals surface area contributed by atoms with Gasteiger partial charge in [0.1, 0.15) is 17.2 Å². The predicted molar refractivity (Wildman–Crippen MR) is 109 cm³/mol. The van der Waals surface area contributed by atoms with Crippen LogP contribution in [0.4, 0.5) is 0 Å². The number of fused-ring (bicyclic) bond motifs is 3. The van der Waals surface area contributed by atoms with E-state index in [1.54, 1.807) is 0 Å². The van der Waals surface area contributed by atoms with Crippen LogP contribution in [0, 0.1) is 11.3 Å². The number of rotatable bonds is 2. The smallest absolute Gasteiger partial charge is 0.153 e. The molecule has 0 aliphatic rings. The summed E-state index contributed by atoms with van der Waals surface area (Å²) in [6, 6.07) is 32.7. The molecule has 0 radical (unpaired) electrons. The molecule has 27 heavy (non-hydrogen) atoms. The molecule has 2 nitrogen and oxygen atoms in total. The van der Waals surface area contributed by atoms with Crippen LogP contribution >= 0.6 is 0 Å². The molecule has 0 saturated carbocycles. The molecule has 0 aliphatic heterocycles. The average molecular weight is 345 g/mol. The highest BCUT2D eigenvalue weighted by Gasteiger charge is 2.17. The Morgan fingerprint density at radius 2 is 1.19 bits per heavy atom. The minimum Gasteiger partial charge on any atom is -0.454 e. The van der Waals surface area contributed by atoms with Crippen molar-refractivity contribution in [1.82, 2.24) is 0 Å². The third-order valence-electron chi connectivity index (χ3n) is 4.95. The second-order valence-corrected chi connectivity index (χ2v) is 6.49. The molecule has 126 valence electrons. The number of furan rings is 1. The van der Waals surface area contributed by atoms with Crippen LogP contribution in [0.2, 0.25) is 0 Å². The van der Waals surface area contributed by atoms with Crippen LogP contribution in [0.5, 0.6) is 0 Å². The number of hydrogen-bond donors (Lipinski definition) is 0. The van der Waals surface area contributed by atoms with Gasteiger partial charge in [0.2, 0.25) is 0 Å². The molecular formula is C25H15NO. The lowest BCUT2D eigenvalue weighted by Crippen LogP contribution is -1.84. The standard InChI is InChI=1S/C25H15NO/c26-16-23-19(17-8-3-1-4-9-17)14-15-22-21-13-7-12-20(24(21)27-25(22)23)18-10-5-2-6-11-18/h1-15H. The second-order valence-electron chi connectivity index (χ2n) is 6.49. The van der Waals surface area contributed by atoms with E-state index in [0.29, 0.717) is 11.1 Å². The quantitative estimate of drug-likeness (QED) is 0.353. The van der Waals surface area contributed by atoms with Gasteiger partial charge in [-0.15, -0.1) is 0 Å². The van der Waals surface area contributed by atoms with Gasteiger partial charge < -0.3 is 4.42 Å². The first-order valence-electron chi connectivity index (χ1n) is 8.86. The van der Waals surface area contributed by atoms with Gasteiger partial charge in [-0.05, 0) is 17.2 Å². The average Bonchev–Trinajstić information content (AvgIpc) is 3.13. The minimum atomic E-state index is 0.578. The lowest BCUT2D eigenvalue weighted by molar-refractivity contribution is 0.669. The highest BCUT2D eigenvalue weighted by Crippen LogP contribution is 2.39. The number of nitriles is 1. The number of hydrogen-bond acceptors (Lipinski definition) is 2. The molecule has 0 unspecified atom stereocenters. The van der Waals surface area contributed by atoms with Crippen LogP contribution in [0.1, 0.15) is 5.56 Å². The Bertz CT molecular complexity index is 1310. The Hall–Kier alpha value is -3.83. The summed E-state index contributed by atoms with van der Waals surface area (Å²) in [5, 5.41) is 11.9. The zero-order valence-corrected chi connectivity index (χ0v) is 14.5. The van der Waals surface area contributed by atoms with Crippen molar-refractivity contribution in [2.45, 2.75) is 0 Å². The lowest BCUT2D eigenvalue weighted by atomic mass is 9.97. The number of nitrogens with zero attached hydrogens (tertiary/aromatic N) is 1. The van der Waals surface area contributed by atoms with E-state index in [4.69, 9.17) is 4.42 Å². The van der Waals surface area contributed by atoms with Gasteiger partial charge in [0.15, 0.2) is 5.58 Å². The van der Waals surface area contributed by atoms with Crippen molar-refractivity contribution in [3.63, 3.8) is 0 Å². The van der Waals surface area contributed by atoms with E-state index in [-0.39, 0.29) is 0 Å². The van der Waals surface area contributed by atoms with Crippen LogP contribution < -0.4 is 0 Å². The fourth-order valence-electron chi connectivity index (χ4n) is 3.68. The summed E-state index contributed by atoms with van der Waals surface area (Å²) in [4.78, 5) is 0. The van der Waals surface area contributed by atoms with Gasteiger partial charge in [-0.25, -0.2) is 0 Å². The monoisotopic (exact) mass is 345 g/mol. The summed E-state index contributed by atoms with van der Waals surface area (Å²) in [5.74, 6) is 0. The fraction of sp³-hybridized carbons (Fsp3) is 0. The Balaban J connectivity index is 1.85. The Labute approximate surface area is 156 Å². The van der Waals surface area contributed by atoms with E-state index in [1.807, 2.05) is 60.7 Å². The molecule has 0 spiro atoms. The van der Waals surface area contributed by atoms with Gasteiger partial charge in [0.25, 0.3) is 0 Å². The third kappa shape index (κ3) is 2.41. The Kier molecular flexibility index (Phi) is 3.52. The number of para-hydroxylation sites is 1. The maximum absolute atomic E-state index is 9.88. The van der Waals surface area contributed by atoms with Crippen molar-refractivity contribution in [3.05, 3.63) is 96.6 Å². The molecule has 0 saturated heterocycles. The van der Waals surface area contributed by atoms with Crippen molar-refractivity contribution in [3.8, 4) is 28.3 Å². The fourth-order valence-corrected chi connectivity index (χ4v) is 3.68. The van der Waals surface area contributed by atoms with E-state index < -0.39 is 0 Å². The zero-order chi connectivity index (χ0) is 18.2. The zero-order valence-electron chi connectivity index (χ0n) is 14.5. The van der Waals surface area contributed by atoms with E-state index in [0.717, 1.165) is 38.6 Å². The van der Waals surface area contributed by atoms with Crippen LogP contribution in [-0.4, -0.2) is 0 Å². The second kappa shape index (κ2) is 6.16. The van der Waals surface area contributed by atoms with Gasteiger partial charge in [-0.1, -0.05) is 84.9 Å². The summed E-state index contributed by atoms with van der Waals surface area (Å²) < 4.78 is 6.30. The highest BCUT2D eigenvalue weighted by molar-refractivity contribution is 6.12. The van der Waals surface area contributed by atoms with Crippen LogP contribution in [-0.2, 0) is 0 Å². The van der Waals surface area contributed by atoms with Gasteiger partial charge in [0.05, 0.1) is 0 Å². The summed E-state index contributed by atoms with van der Waals surface area (Å²) in [6.07, 6.45) is 0. The Morgan fingerprint density at radius 1 is 0.556 bits per heavy atom. The molecule has 0 aliphatic carbocycles. The molecule has 5 aromatic rings. The van der Waals surface area contributed by atoms with E-state index >= 15 is 0 Å². The van der Waals surface area contributed by atoms with Gasteiger partial charge in [0, 0.05) is 21.9 Å². The predicted octanol–water partition coefficient (Wildman–Crippen LogP) is 6.79. The summed E-state index contributed by atoms with van der Waals surface area (Å²) >= 11 is 0. The van der Waals surface area contributed by atoms with Gasteiger partial charge in [-0.2, -0.15) is 5.26 Å². The van der Waals surface area contributed by atoms with Crippen molar-refractivity contribution in [2.75, 3.05) is 0 Å².